The SMILES string of the molecule is Cc1nsc(N(C)CCNC2CC2)n1. The molecule has 1 aromatic heterocycles. The van der Waals surface area contributed by atoms with Crippen molar-refractivity contribution >= 4 is 16.7 Å². The lowest BCUT2D eigenvalue weighted by Crippen LogP contribution is -2.30. The molecule has 0 bridgehead atoms. The molecule has 78 valence electrons. The number of anilines is 1. The number of aromatic nitrogens is 2. The first kappa shape index (κ1) is 9.86. The summed E-state index contributed by atoms with van der Waals surface area (Å²) >= 11 is 1.47. The molecule has 0 radical (unpaired) electrons. The van der Waals surface area contributed by atoms with E-state index in [1.807, 2.05) is 6.92 Å². The molecule has 1 aliphatic rings. The Morgan fingerprint density at radius 3 is 2.93 bits per heavy atom. The molecule has 0 aromatic carbocycles. The Labute approximate surface area is 88.5 Å². The summed E-state index contributed by atoms with van der Waals surface area (Å²) in [5.74, 6) is 0.868. The molecule has 1 heterocycles. The quantitative estimate of drug-likeness (QED) is 0.791. The first-order valence-electron chi connectivity index (χ1n) is 5.00. The average Bonchev–Trinajstić information content (AvgIpc) is 2.87. The Morgan fingerprint density at radius 2 is 2.36 bits per heavy atom. The van der Waals surface area contributed by atoms with E-state index in [2.05, 4.69) is 26.6 Å². The lowest BCUT2D eigenvalue weighted by atomic mass is 10.5. The molecule has 1 fully saturated rings. The van der Waals surface area contributed by atoms with Gasteiger partial charge in [0, 0.05) is 37.7 Å². The van der Waals surface area contributed by atoms with Gasteiger partial charge in [0.25, 0.3) is 0 Å². The molecule has 5 heteroatoms. The molecule has 1 N–H and O–H groups in total. The minimum absolute atomic E-state index is 0.791. The van der Waals surface area contributed by atoms with Crippen LogP contribution in [0.5, 0.6) is 0 Å². The number of likely N-dealkylation sites (N-methyl/N-ethyl adjacent to an activating group) is 1. The zero-order chi connectivity index (χ0) is 9.97. The highest BCUT2D eigenvalue weighted by molar-refractivity contribution is 7.09. The first-order valence-corrected chi connectivity index (χ1v) is 5.78. The van der Waals surface area contributed by atoms with Gasteiger partial charge in [-0.15, -0.1) is 0 Å². The molecular formula is C9H16N4S. The van der Waals surface area contributed by atoms with Gasteiger partial charge in [-0.1, -0.05) is 0 Å². The normalized spacial score (nSPS) is 15.9. The van der Waals surface area contributed by atoms with E-state index >= 15 is 0 Å². The monoisotopic (exact) mass is 212 g/mol. The minimum Gasteiger partial charge on any atom is -0.349 e. The van der Waals surface area contributed by atoms with E-state index in [-0.39, 0.29) is 0 Å². The smallest absolute Gasteiger partial charge is 0.204 e. The van der Waals surface area contributed by atoms with Crippen LogP contribution < -0.4 is 10.2 Å². The fourth-order valence-corrected chi connectivity index (χ4v) is 1.92. The van der Waals surface area contributed by atoms with Gasteiger partial charge in [0.05, 0.1) is 0 Å². The number of hydrogen-bond donors (Lipinski definition) is 1. The summed E-state index contributed by atoms with van der Waals surface area (Å²) in [7, 11) is 2.06. The van der Waals surface area contributed by atoms with Crippen LogP contribution in [0.3, 0.4) is 0 Å². The molecule has 1 saturated carbocycles. The largest absolute Gasteiger partial charge is 0.349 e. The van der Waals surface area contributed by atoms with E-state index in [1.165, 1.54) is 24.4 Å². The van der Waals surface area contributed by atoms with Crippen LogP contribution in [-0.2, 0) is 0 Å². The predicted molar refractivity (Wildman–Crippen MR) is 58.9 cm³/mol. The fourth-order valence-electron chi connectivity index (χ4n) is 1.26. The Bertz CT molecular complexity index is 295. The highest BCUT2D eigenvalue weighted by Gasteiger charge is 2.19. The molecule has 1 aromatic rings. The number of nitrogens with zero attached hydrogens (tertiary/aromatic N) is 3. The van der Waals surface area contributed by atoms with E-state index < -0.39 is 0 Å². The van der Waals surface area contributed by atoms with Gasteiger partial charge in [-0.3, -0.25) is 0 Å². The molecule has 14 heavy (non-hydrogen) atoms. The first-order chi connectivity index (χ1) is 6.75. The number of hydrogen-bond acceptors (Lipinski definition) is 5. The zero-order valence-corrected chi connectivity index (χ0v) is 9.47. The molecule has 0 saturated heterocycles. The van der Waals surface area contributed by atoms with Gasteiger partial charge in [0.15, 0.2) is 0 Å². The second-order valence-corrected chi connectivity index (χ2v) is 4.50. The van der Waals surface area contributed by atoms with Gasteiger partial charge in [-0.05, 0) is 19.8 Å². The van der Waals surface area contributed by atoms with E-state index in [1.54, 1.807) is 0 Å². The van der Waals surface area contributed by atoms with Crippen LogP contribution in [0.4, 0.5) is 5.13 Å². The minimum atomic E-state index is 0.791. The van der Waals surface area contributed by atoms with Gasteiger partial charge in [-0.25, -0.2) is 4.98 Å². The van der Waals surface area contributed by atoms with Crippen molar-refractivity contribution in [3.05, 3.63) is 5.82 Å². The topological polar surface area (TPSA) is 41.1 Å². The summed E-state index contributed by atoms with van der Waals surface area (Å²) in [5.41, 5.74) is 0. The average molecular weight is 212 g/mol. The summed E-state index contributed by atoms with van der Waals surface area (Å²) < 4.78 is 4.16. The Balaban J connectivity index is 1.73. The van der Waals surface area contributed by atoms with Crippen molar-refractivity contribution in [3.8, 4) is 0 Å². The molecule has 0 spiro atoms. The molecule has 0 atom stereocenters. The summed E-state index contributed by atoms with van der Waals surface area (Å²) in [4.78, 5) is 6.48. The third-order valence-electron chi connectivity index (χ3n) is 2.30. The molecule has 0 amide bonds. The van der Waals surface area contributed by atoms with E-state index in [4.69, 9.17) is 0 Å². The van der Waals surface area contributed by atoms with Crippen molar-refractivity contribution in [2.75, 3.05) is 25.0 Å². The lowest BCUT2D eigenvalue weighted by Gasteiger charge is -2.14. The molecule has 0 aliphatic heterocycles. The van der Waals surface area contributed by atoms with Crippen LogP contribution >= 0.6 is 11.5 Å². The van der Waals surface area contributed by atoms with Crippen LogP contribution in [0.15, 0.2) is 0 Å². The van der Waals surface area contributed by atoms with E-state index in [0.29, 0.717) is 0 Å². The molecule has 1 aliphatic carbocycles. The summed E-state index contributed by atoms with van der Waals surface area (Å²) in [5, 5.41) is 4.49. The molecular weight excluding hydrogens is 196 g/mol. The van der Waals surface area contributed by atoms with Crippen molar-refractivity contribution in [1.82, 2.24) is 14.7 Å². The summed E-state index contributed by atoms with van der Waals surface area (Å²) in [6.45, 7) is 3.97. The van der Waals surface area contributed by atoms with Crippen molar-refractivity contribution in [3.63, 3.8) is 0 Å². The maximum atomic E-state index is 4.33. The predicted octanol–water partition coefficient (Wildman–Crippen LogP) is 1.03. The molecule has 0 unspecified atom stereocenters. The van der Waals surface area contributed by atoms with E-state index in [0.717, 1.165) is 30.1 Å². The lowest BCUT2D eigenvalue weighted by molar-refractivity contribution is 0.674. The number of rotatable bonds is 5. The van der Waals surface area contributed by atoms with Crippen molar-refractivity contribution in [2.24, 2.45) is 0 Å². The fraction of sp³-hybridized carbons (Fsp3) is 0.778. The van der Waals surface area contributed by atoms with Gasteiger partial charge in [-0.2, -0.15) is 4.37 Å². The second kappa shape index (κ2) is 4.23. The third-order valence-corrected chi connectivity index (χ3v) is 3.22. The van der Waals surface area contributed by atoms with Crippen LogP contribution in [0, 0.1) is 6.92 Å². The Hall–Kier alpha value is -0.680. The van der Waals surface area contributed by atoms with Gasteiger partial charge < -0.3 is 10.2 Å². The maximum absolute atomic E-state index is 4.33. The summed E-state index contributed by atoms with van der Waals surface area (Å²) in [6, 6.07) is 0.791. The third kappa shape index (κ3) is 2.65. The second-order valence-electron chi connectivity index (χ2n) is 3.77. The van der Waals surface area contributed by atoms with Crippen molar-refractivity contribution < 1.29 is 0 Å². The van der Waals surface area contributed by atoms with Gasteiger partial charge in [0.1, 0.15) is 5.82 Å². The zero-order valence-electron chi connectivity index (χ0n) is 8.66. The standard InChI is InChI=1S/C9H16N4S/c1-7-11-9(14-12-7)13(2)6-5-10-8-3-4-8/h8,10H,3-6H2,1-2H3. The Morgan fingerprint density at radius 1 is 1.57 bits per heavy atom. The van der Waals surface area contributed by atoms with Crippen molar-refractivity contribution in [1.29, 1.82) is 0 Å². The highest BCUT2D eigenvalue weighted by Crippen LogP contribution is 2.18. The van der Waals surface area contributed by atoms with Crippen LogP contribution in [0.1, 0.15) is 18.7 Å². The molecule has 4 nitrogen and oxygen atoms in total. The van der Waals surface area contributed by atoms with E-state index in [9.17, 15) is 0 Å². The summed E-state index contributed by atoms with van der Waals surface area (Å²) in [6.07, 6.45) is 2.70. The van der Waals surface area contributed by atoms with Crippen LogP contribution in [-0.4, -0.2) is 35.5 Å². The van der Waals surface area contributed by atoms with Crippen LogP contribution in [0.2, 0.25) is 0 Å². The maximum Gasteiger partial charge on any atom is 0.204 e. The number of nitrogens with one attached hydrogen (secondary N) is 1. The van der Waals surface area contributed by atoms with Crippen LogP contribution in [0.25, 0.3) is 0 Å². The van der Waals surface area contributed by atoms with Gasteiger partial charge >= 0.3 is 0 Å². The number of aryl methyl sites for hydroxylation is 1. The highest BCUT2D eigenvalue weighted by atomic mass is 32.1. The van der Waals surface area contributed by atoms with Gasteiger partial charge in [0.2, 0.25) is 5.13 Å². The Kier molecular flexibility index (Phi) is 2.98. The molecule has 2 rings (SSSR count). The van der Waals surface area contributed by atoms with Crippen molar-refractivity contribution in [2.45, 2.75) is 25.8 Å².